The molecule has 1 aromatic rings. The lowest BCUT2D eigenvalue weighted by molar-refractivity contribution is -0.127. The number of carbonyl (C=O) groups excluding carboxylic acids is 1. The molecule has 0 saturated heterocycles. The monoisotopic (exact) mass is 364 g/mol. The first kappa shape index (κ1) is 21.8. The van der Waals surface area contributed by atoms with Crippen LogP contribution in [-0.2, 0) is 16.0 Å². The van der Waals surface area contributed by atoms with Crippen LogP contribution in [0.1, 0.15) is 18.9 Å². The number of nitrogens with zero attached hydrogens (tertiary/aromatic N) is 2. The van der Waals surface area contributed by atoms with E-state index in [9.17, 15) is 4.79 Å². The molecular weight excluding hydrogens is 332 g/mol. The molecule has 0 unspecified atom stereocenters. The molecule has 0 aliphatic carbocycles. The molecule has 7 heteroatoms. The van der Waals surface area contributed by atoms with Gasteiger partial charge in [-0.3, -0.25) is 4.79 Å². The Morgan fingerprint density at radius 2 is 1.85 bits per heavy atom. The summed E-state index contributed by atoms with van der Waals surface area (Å²) in [7, 11) is 5.11. The Balaban J connectivity index is 2.48. The third kappa shape index (κ3) is 9.27. The van der Waals surface area contributed by atoms with Gasteiger partial charge in [0.1, 0.15) is 12.3 Å². The van der Waals surface area contributed by atoms with Crippen LogP contribution in [0.2, 0.25) is 0 Å². The Kier molecular flexibility index (Phi) is 10.9. The Labute approximate surface area is 156 Å². The number of ether oxygens (including phenoxy) is 2. The lowest BCUT2D eigenvalue weighted by Gasteiger charge is -2.14. The number of methoxy groups -OCH3 is 1. The zero-order valence-corrected chi connectivity index (χ0v) is 16.4. The number of hydrogen-bond acceptors (Lipinski definition) is 4. The maximum absolute atomic E-state index is 11.7. The molecule has 1 rings (SSSR count). The molecule has 0 heterocycles. The number of likely N-dealkylation sites (N-methyl/N-ethyl adjacent to an activating group) is 1. The highest BCUT2D eigenvalue weighted by Gasteiger charge is 2.04. The van der Waals surface area contributed by atoms with Crippen molar-refractivity contribution in [3.05, 3.63) is 29.8 Å². The van der Waals surface area contributed by atoms with Crippen molar-refractivity contribution in [1.82, 2.24) is 15.5 Å². The van der Waals surface area contributed by atoms with Crippen molar-refractivity contribution in [3.8, 4) is 5.75 Å². The Hall–Kier alpha value is -2.28. The van der Waals surface area contributed by atoms with E-state index >= 15 is 0 Å². The van der Waals surface area contributed by atoms with E-state index in [2.05, 4.69) is 15.6 Å². The van der Waals surface area contributed by atoms with Gasteiger partial charge in [-0.25, -0.2) is 4.99 Å². The summed E-state index contributed by atoms with van der Waals surface area (Å²) in [6.07, 6.45) is 1.74. The van der Waals surface area contributed by atoms with Crippen molar-refractivity contribution >= 4 is 11.9 Å². The molecule has 0 aromatic heterocycles. The van der Waals surface area contributed by atoms with E-state index in [0.717, 1.165) is 38.3 Å². The van der Waals surface area contributed by atoms with Gasteiger partial charge in [-0.05, 0) is 37.5 Å². The van der Waals surface area contributed by atoms with Crippen molar-refractivity contribution in [2.45, 2.75) is 19.8 Å². The first-order chi connectivity index (χ1) is 12.6. The van der Waals surface area contributed by atoms with Gasteiger partial charge in [-0.2, -0.15) is 0 Å². The average molecular weight is 364 g/mol. The summed E-state index contributed by atoms with van der Waals surface area (Å²) >= 11 is 0. The van der Waals surface area contributed by atoms with Gasteiger partial charge in [0.2, 0.25) is 5.91 Å². The lowest BCUT2D eigenvalue weighted by atomic mass is 10.1. The van der Waals surface area contributed by atoms with Gasteiger partial charge in [0.25, 0.3) is 0 Å². The number of guanidine groups is 1. The molecule has 26 heavy (non-hydrogen) atoms. The highest BCUT2D eigenvalue weighted by Crippen LogP contribution is 2.11. The van der Waals surface area contributed by atoms with E-state index in [0.29, 0.717) is 12.6 Å². The van der Waals surface area contributed by atoms with Crippen LogP contribution in [-0.4, -0.2) is 70.8 Å². The minimum absolute atomic E-state index is 0.0319. The van der Waals surface area contributed by atoms with Crippen molar-refractivity contribution in [2.75, 3.05) is 54.1 Å². The van der Waals surface area contributed by atoms with Gasteiger partial charge in [-0.15, -0.1) is 0 Å². The average Bonchev–Trinajstić information content (AvgIpc) is 2.65. The zero-order valence-electron chi connectivity index (χ0n) is 16.4. The van der Waals surface area contributed by atoms with E-state index in [1.807, 2.05) is 31.2 Å². The van der Waals surface area contributed by atoms with Crippen molar-refractivity contribution in [1.29, 1.82) is 0 Å². The number of benzene rings is 1. The molecule has 0 radical (unpaired) electrons. The predicted molar refractivity (Wildman–Crippen MR) is 105 cm³/mol. The number of amides is 1. The Morgan fingerprint density at radius 1 is 1.15 bits per heavy atom. The normalized spacial score (nSPS) is 11.2. The molecule has 7 nitrogen and oxygen atoms in total. The summed E-state index contributed by atoms with van der Waals surface area (Å²) in [6.45, 7) is 4.99. The van der Waals surface area contributed by atoms with Gasteiger partial charge in [0.15, 0.2) is 5.96 Å². The van der Waals surface area contributed by atoms with Gasteiger partial charge >= 0.3 is 0 Å². The van der Waals surface area contributed by atoms with Crippen molar-refractivity contribution in [2.24, 2.45) is 4.99 Å². The smallest absolute Gasteiger partial charge is 0.243 e. The van der Waals surface area contributed by atoms with Crippen LogP contribution in [0.4, 0.5) is 0 Å². The van der Waals surface area contributed by atoms with E-state index in [1.165, 1.54) is 10.5 Å². The molecule has 0 spiro atoms. The maximum atomic E-state index is 11.7. The predicted octanol–water partition coefficient (Wildman–Crippen LogP) is 1.29. The topological polar surface area (TPSA) is 75.2 Å². The van der Waals surface area contributed by atoms with Crippen molar-refractivity contribution < 1.29 is 14.3 Å². The minimum Gasteiger partial charge on any atom is -0.497 e. The fourth-order valence-corrected chi connectivity index (χ4v) is 2.11. The van der Waals surface area contributed by atoms with Crippen LogP contribution in [0.3, 0.4) is 0 Å². The summed E-state index contributed by atoms with van der Waals surface area (Å²) in [5.74, 6) is 1.46. The van der Waals surface area contributed by atoms with Crippen LogP contribution in [0.5, 0.6) is 5.75 Å². The van der Waals surface area contributed by atoms with Gasteiger partial charge in [-0.1, -0.05) is 12.1 Å². The second-order valence-electron chi connectivity index (χ2n) is 5.96. The standard InChI is InChI=1S/C19H32N4O3/c1-5-26-14-6-12-20-19(22-15-18(24)23(2)3)21-13-11-16-7-9-17(25-4)10-8-16/h7-10H,5-6,11-15H2,1-4H3,(H2,20,21,22). The summed E-state index contributed by atoms with van der Waals surface area (Å²) in [6, 6.07) is 7.99. The number of hydrogen-bond donors (Lipinski definition) is 2. The van der Waals surface area contributed by atoms with E-state index in [4.69, 9.17) is 9.47 Å². The third-order valence-electron chi connectivity index (χ3n) is 3.70. The van der Waals surface area contributed by atoms with Crippen LogP contribution < -0.4 is 15.4 Å². The summed E-state index contributed by atoms with van der Waals surface area (Å²) in [4.78, 5) is 17.6. The van der Waals surface area contributed by atoms with Crippen LogP contribution in [0.15, 0.2) is 29.3 Å². The van der Waals surface area contributed by atoms with E-state index in [-0.39, 0.29) is 12.5 Å². The molecule has 1 amide bonds. The number of carbonyl (C=O) groups is 1. The molecule has 0 fully saturated rings. The molecule has 0 saturated carbocycles. The zero-order chi connectivity index (χ0) is 19.2. The first-order valence-corrected chi connectivity index (χ1v) is 8.99. The van der Waals surface area contributed by atoms with Crippen LogP contribution in [0, 0.1) is 0 Å². The number of rotatable bonds is 11. The maximum Gasteiger partial charge on any atom is 0.243 e. The Morgan fingerprint density at radius 3 is 2.46 bits per heavy atom. The molecule has 1 aromatic carbocycles. The summed E-state index contributed by atoms with van der Waals surface area (Å²) < 4.78 is 10.5. The second-order valence-corrected chi connectivity index (χ2v) is 5.96. The first-order valence-electron chi connectivity index (χ1n) is 8.99. The highest BCUT2D eigenvalue weighted by molar-refractivity contribution is 5.84. The molecular formula is C19H32N4O3. The summed E-state index contributed by atoms with van der Waals surface area (Å²) in [5, 5.41) is 6.52. The van der Waals surface area contributed by atoms with Crippen LogP contribution >= 0.6 is 0 Å². The van der Waals surface area contributed by atoms with Crippen molar-refractivity contribution in [3.63, 3.8) is 0 Å². The second kappa shape index (κ2) is 13.0. The quantitative estimate of drug-likeness (QED) is 0.352. The molecule has 0 aliphatic rings. The lowest BCUT2D eigenvalue weighted by Crippen LogP contribution is -2.40. The largest absolute Gasteiger partial charge is 0.497 e. The molecule has 146 valence electrons. The molecule has 0 bridgehead atoms. The van der Waals surface area contributed by atoms with Gasteiger partial charge in [0.05, 0.1) is 7.11 Å². The number of aliphatic imine (C=N–C) groups is 1. The van der Waals surface area contributed by atoms with Gasteiger partial charge in [0, 0.05) is 40.4 Å². The van der Waals surface area contributed by atoms with Crippen LogP contribution in [0.25, 0.3) is 0 Å². The third-order valence-corrected chi connectivity index (χ3v) is 3.70. The fourth-order valence-electron chi connectivity index (χ4n) is 2.11. The Bertz CT molecular complexity index is 544. The molecule has 0 aliphatic heterocycles. The SMILES string of the molecule is CCOCCCNC(=NCC(=O)N(C)C)NCCc1ccc(OC)cc1. The molecule has 2 N–H and O–H groups in total. The summed E-state index contributed by atoms with van der Waals surface area (Å²) in [5.41, 5.74) is 1.21. The van der Waals surface area contributed by atoms with E-state index < -0.39 is 0 Å². The van der Waals surface area contributed by atoms with E-state index in [1.54, 1.807) is 21.2 Å². The molecule has 0 atom stereocenters. The van der Waals surface area contributed by atoms with Gasteiger partial charge < -0.3 is 25.0 Å². The highest BCUT2D eigenvalue weighted by atomic mass is 16.5. The number of nitrogens with one attached hydrogen (secondary N) is 2. The fraction of sp³-hybridized carbons (Fsp3) is 0.579. The minimum atomic E-state index is -0.0319.